The summed E-state index contributed by atoms with van der Waals surface area (Å²) in [5, 5.41) is 0. The maximum absolute atomic E-state index is 4.33. The lowest BCUT2D eigenvalue weighted by molar-refractivity contribution is 0.0825. The zero-order valence-electron chi connectivity index (χ0n) is 12.0. The lowest BCUT2D eigenvalue weighted by Gasteiger charge is -2.43. The molecule has 1 heterocycles. The Morgan fingerprint density at radius 1 is 1.12 bits per heavy atom. The van der Waals surface area contributed by atoms with Crippen LogP contribution in [0.4, 0.5) is 0 Å². The summed E-state index contributed by atoms with van der Waals surface area (Å²) < 4.78 is 0. The molecule has 5 atom stereocenters. The molecular weight excluding hydrogens is 206 g/mol. The van der Waals surface area contributed by atoms with E-state index in [1.165, 1.54) is 17.8 Å². The maximum Gasteiger partial charge on any atom is 0.0142 e. The van der Waals surface area contributed by atoms with Gasteiger partial charge in [-0.15, -0.1) is 0 Å². The molecular formula is C16H27N. The summed E-state index contributed by atoms with van der Waals surface area (Å²) in [7, 11) is 2.14. The van der Waals surface area contributed by atoms with Crippen LogP contribution >= 0.6 is 0 Å². The number of likely N-dealkylation sites (tertiary alicyclic amines) is 1. The highest BCUT2D eigenvalue weighted by atomic mass is 15.2. The van der Waals surface area contributed by atoms with Crippen molar-refractivity contribution < 1.29 is 0 Å². The van der Waals surface area contributed by atoms with Crippen LogP contribution in [0.3, 0.4) is 0 Å². The maximum atomic E-state index is 4.33. The summed E-state index contributed by atoms with van der Waals surface area (Å²) in [5.41, 5.74) is 2.60. The number of rotatable bonds is 1. The number of fused-ring (bicyclic) bond motifs is 1. The number of hydrogen-bond donors (Lipinski definition) is 0. The molecule has 2 fully saturated rings. The van der Waals surface area contributed by atoms with Gasteiger partial charge in [-0.1, -0.05) is 40.9 Å². The van der Waals surface area contributed by atoms with Crippen molar-refractivity contribution in [3.8, 4) is 0 Å². The lowest BCUT2D eigenvalue weighted by Crippen LogP contribution is -2.38. The molecule has 1 nitrogen and oxygen atoms in total. The summed E-state index contributed by atoms with van der Waals surface area (Å²) in [6.45, 7) is 18.2. The largest absolute Gasteiger partial charge is 0.352 e. The van der Waals surface area contributed by atoms with E-state index in [2.05, 4.69) is 52.8 Å². The summed E-state index contributed by atoms with van der Waals surface area (Å²) in [6, 6.07) is 0. The summed E-state index contributed by atoms with van der Waals surface area (Å²) in [6.07, 6.45) is 1.35. The molecule has 1 heteroatoms. The van der Waals surface area contributed by atoms with Gasteiger partial charge in [0, 0.05) is 30.3 Å². The average Bonchev–Trinajstić information content (AvgIpc) is 2.48. The molecule has 0 aromatic carbocycles. The highest BCUT2D eigenvalue weighted by molar-refractivity contribution is 5.26. The first-order valence-electron chi connectivity index (χ1n) is 6.97. The quantitative estimate of drug-likeness (QED) is 0.658. The Morgan fingerprint density at radius 3 is 2.18 bits per heavy atom. The first kappa shape index (κ1) is 12.7. The molecule has 96 valence electrons. The predicted octanol–water partition coefficient (Wildman–Crippen LogP) is 4.14. The fraction of sp³-hybridized carbons (Fsp3) is 0.750. The van der Waals surface area contributed by atoms with Gasteiger partial charge in [-0.3, -0.25) is 0 Å². The standard InChI is InChI=1S/C16H27N/c1-9(2)14-8-10(3)11(4)15-12(5)17(7)13(6)16(14)15/h9-11,14-16H,5-6,8H2,1-4,7H3. The van der Waals surface area contributed by atoms with Crippen LogP contribution in [0.2, 0.25) is 0 Å². The molecule has 5 unspecified atom stereocenters. The van der Waals surface area contributed by atoms with Crippen molar-refractivity contribution in [2.45, 2.75) is 34.1 Å². The molecule has 1 aliphatic heterocycles. The Labute approximate surface area is 107 Å². The SMILES string of the molecule is C=C1C2C(C)C(C)CC(C(C)C)C2C(=C)N1C. The molecule has 1 aliphatic carbocycles. The molecule has 0 aromatic heterocycles. The minimum atomic E-state index is 0.628. The van der Waals surface area contributed by atoms with Crippen LogP contribution < -0.4 is 0 Å². The molecule has 0 spiro atoms. The molecule has 1 saturated heterocycles. The van der Waals surface area contributed by atoms with Crippen LogP contribution in [0.15, 0.2) is 24.6 Å². The van der Waals surface area contributed by atoms with Gasteiger partial charge in [0.1, 0.15) is 0 Å². The van der Waals surface area contributed by atoms with Crippen LogP contribution in [0.5, 0.6) is 0 Å². The molecule has 0 N–H and O–H groups in total. The number of hydrogen-bond acceptors (Lipinski definition) is 1. The summed E-state index contributed by atoms with van der Waals surface area (Å²) in [5.74, 6) is 4.33. The van der Waals surface area contributed by atoms with Gasteiger partial charge in [0.25, 0.3) is 0 Å². The van der Waals surface area contributed by atoms with Crippen LogP contribution in [0, 0.1) is 35.5 Å². The predicted molar refractivity (Wildman–Crippen MR) is 74.3 cm³/mol. The topological polar surface area (TPSA) is 3.24 Å². The van der Waals surface area contributed by atoms with E-state index in [0.717, 1.165) is 23.7 Å². The van der Waals surface area contributed by atoms with Crippen LogP contribution in [0.25, 0.3) is 0 Å². The van der Waals surface area contributed by atoms with E-state index in [9.17, 15) is 0 Å². The molecule has 0 radical (unpaired) electrons. The van der Waals surface area contributed by atoms with E-state index >= 15 is 0 Å². The van der Waals surface area contributed by atoms with Crippen molar-refractivity contribution in [3.63, 3.8) is 0 Å². The summed E-state index contributed by atoms with van der Waals surface area (Å²) in [4.78, 5) is 2.25. The second kappa shape index (κ2) is 4.19. The molecule has 17 heavy (non-hydrogen) atoms. The number of allylic oxidation sites excluding steroid dienone is 2. The Hall–Kier alpha value is -0.720. The Bertz CT molecular complexity index is 341. The van der Waals surface area contributed by atoms with Gasteiger partial charge in [-0.05, 0) is 30.1 Å². The third kappa shape index (κ3) is 1.75. The smallest absolute Gasteiger partial charge is 0.0142 e. The van der Waals surface area contributed by atoms with Crippen LogP contribution in [-0.4, -0.2) is 11.9 Å². The minimum absolute atomic E-state index is 0.628. The van der Waals surface area contributed by atoms with Gasteiger partial charge in [0.15, 0.2) is 0 Å². The van der Waals surface area contributed by atoms with E-state index in [1.54, 1.807) is 0 Å². The Morgan fingerprint density at radius 2 is 1.65 bits per heavy atom. The van der Waals surface area contributed by atoms with Crippen molar-refractivity contribution in [1.29, 1.82) is 0 Å². The molecule has 2 aliphatic rings. The van der Waals surface area contributed by atoms with Crippen molar-refractivity contribution >= 4 is 0 Å². The minimum Gasteiger partial charge on any atom is -0.352 e. The molecule has 0 bridgehead atoms. The third-order valence-electron chi connectivity index (χ3n) is 5.44. The van der Waals surface area contributed by atoms with E-state index in [0.29, 0.717) is 11.8 Å². The Balaban J connectivity index is 2.38. The van der Waals surface area contributed by atoms with Crippen molar-refractivity contribution in [2.75, 3.05) is 7.05 Å². The van der Waals surface area contributed by atoms with Gasteiger partial charge in [-0.2, -0.15) is 0 Å². The molecule has 0 aromatic rings. The lowest BCUT2D eigenvalue weighted by atomic mass is 9.60. The van der Waals surface area contributed by atoms with Gasteiger partial charge >= 0.3 is 0 Å². The van der Waals surface area contributed by atoms with Crippen molar-refractivity contribution in [1.82, 2.24) is 4.90 Å². The summed E-state index contributed by atoms with van der Waals surface area (Å²) >= 11 is 0. The number of nitrogens with zero attached hydrogens (tertiary/aromatic N) is 1. The molecule has 2 rings (SSSR count). The normalized spacial score (nSPS) is 42.2. The van der Waals surface area contributed by atoms with E-state index in [-0.39, 0.29) is 0 Å². The van der Waals surface area contributed by atoms with Crippen LogP contribution in [-0.2, 0) is 0 Å². The second-order valence-electron chi connectivity index (χ2n) is 6.57. The van der Waals surface area contributed by atoms with E-state index < -0.39 is 0 Å². The monoisotopic (exact) mass is 233 g/mol. The first-order chi connectivity index (χ1) is 7.86. The van der Waals surface area contributed by atoms with Gasteiger partial charge in [-0.25, -0.2) is 0 Å². The van der Waals surface area contributed by atoms with Gasteiger partial charge in [0.05, 0.1) is 0 Å². The third-order valence-corrected chi connectivity index (χ3v) is 5.44. The first-order valence-corrected chi connectivity index (χ1v) is 6.97. The zero-order valence-corrected chi connectivity index (χ0v) is 12.0. The molecule has 0 amide bonds. The highest BCUT2D eigenvalue weighted by Gasteiger charge is 2.49. The average molecular weight is 233 g/mol. The van der Waals surface area contributed by atoms with Gasteiger partial charge in [0.2, 0.25) is 0 Å². The van der Waals surface area contributed by atoms with Crippen LogP contribution in [0.1, 0.15) is 34.1 Å². The zero-order chi connectivity index (χ0) is 12.9. The van der Waals surface area contributed by atoms with Gasteiger partial charge < -0.3 is 4.90 Å². The molecule has 1 saturated carbocycles. The Kier molecular flexibility index (Phi) is 3.14. The fourth-order valence-corrected chi connectivity index (χ4v) is 4.02. The second-order valence-corrected chi connectivity index (χ2v) is 6.57. The van der Waals surface area contributed by atoms with E-state index in [1.807, 2.05) is 0 Å². The van der Waals surface area contributed by atoms with Crippen molar-refractivity contribution in [3.05, 3.63) is 24.6 Å². The highest BCUT2D eigenvalue weighted by Crippen LogP contribution is 2.55. The fourth-order valence-electron chi connectivity index (χ4n) is 4.02. The van der Waals surface area contributed by atoms with E-state index in [4.69, 9.17) is 0 Å². The van der Waals surface area contributed by atoms with Crippen molar-refractivity contribution in [2.24, 2.45) is 35.5 Å².